The first-order valence-electron chi connectivity index (χ1n) is 7.40. The van der Waals surface area contributed by atoms with Crippen molar-refractivity contribution in [3.63, 3.8) is 0 Å². The van der Waals surface area contributed by atoms with Crippen molar-refractivity contribution in [2.24, 2.45) is 0 Å². The van der Waals surface area contributed by atoms with Gasteiger partial charge in [-0.3, -0.25) is 4.79 Å². The molecule has 1 atom stereocenters. The van der Waals surface area contributed by atoms with Gasteiger partial charge in [-0.2, -0.15) is 0 Å². The maximum atomic E-state index is 12.3. The van der Waals surface area contributed by atoms with Gasteiger partial charge in [0.2, 0.25) is 5.91 Å². The molecular formula is C16H24N2O3. The van der Waals surface area contributed by atoms with E-state index in [-0.39, 0.29) is 12.0 Å². The molecule has 5 nitrogen and oxygen atoms in total. The Kier molecular flexibility index (Phi) is 6.02. The minimum Gasteiger partial charge on any atom is -0.496 e. The number of para-hydroxylation sites is 1. The number of rotatable bonds is 7. The Balaban J connectivity index is 2.08. The van der Waals surface area contributed by atoms with Crippen molar-refractivity contribution < 1.29 is 14.3 Å². The van der Waals surface area contributed by atoms with Gasteiger partial charge in [-0.15, -0.1) is 0 Å². The molecule has 116 valence electrons. The summed E-state index contributed by atoms with van der Waals surface area (Å²) < 4.78 is 11.0. The Morgan fingerprint density at radius 2 is 2.29 bits per heavy atom. The minimum absolute atomic E-state index is 0.0823. The van der Waals surface area contributed by atoms with Gasteiger partial charge in [-0.05, 0) is 26.0 Å². The van der Waals surface area contributed by atoms with Gasteiger partial charge in [0.15, 0.2) is 0 Å². The molecule has 0 spiro atoms. The molecule has 1 heterocycles. The highest BCUT2D eigenvalue weighted by Gasteiger charge is 2.23. The summed E-state index contributed by atoms with van der Waals surface area (Å²) >= 11 is 0. The fourth-order valence-electron chi connectivity index (χ4n) is 2.59. The molecule has 0 aromatic heterocycles. The average Bonchev–Trinajstić information content (AvgIpc) is 3.00. The molecule has 1 amide bonds. The van der Waals surface area contributed by atoms with Crippen molar-refractivity contribution >= 4 is 5.91 Å². The predicted molar refractivity (Wildman–Crippen MR) is 81.3 cm³/mol. The van der Waals surface area contributed by atoms with Crippen LogP contribution in [0.15, 0.2) is 24.3 Å². The molecule has 0 radical (unpaired) electrons. The van der Waals surface area contributed by atoms with E-state index in [1.807, 2.05) is 29.2 Å². The normalized spacial score (nSPS) is 17.7. The molecule has 1 aromatic carbocycles. The molecule has 5 heteroatoms. The van der Waals surface area contributed by atoms with Gasteiger partial charge in [0.25, 0.3) is 0 Å². The lowest BCUT2D eigenvalue weighted by Crippen LogP contribution is -2.41. The third kappa shape index (κ3) is 4.44. The number of carbonyl (C=O) groups is 1. The molecule has 1 saturated heterocycles. The number of amides is 1. The van der Waals surface area contributed by atoms with E-state index >= 15 is 0 Å². The lowest BCUT2D eigenvalue weighted by Gasteiger charge is -2.26. The van der Waals surface area contributed by atoms with Crippen LogP contribution in [0.1, 0.15) is 18.4 Å². The Labute approximate surface area is 126 Å². The first-order chi connectivity index (χ1) is 10.2. The molecule has 1 unspecified atom stereocenters. The highest BCUT2D eigenvalue weighted by molar-refractivity contribution is 5.78. The smallest absolute Gasteiger partial charge is 0.236 e. The van der Waals surface area contributed by atoms with Gasteiger partial charge in [-0.1, -0.05) is 18.2 Å². The second-order valence-electron chi connectivity index (χ2n) is 5.25. The monoisotopic (exact) mass is 292 g/mol. The Bertz CT molecular complexity index is 459. The van der Waals surface area contributed by atoms with Crippen LogP contribution in [0, 0.1) is 0 Å². The second kappa shape index (κ2) is 8.00. The SMILES string of the molecule is CNCC(=O)N(Cc1ccccc1OC)CC1CCCO1. The summed E-state index contributed by atoms with van der Waals surface area (Å²) in [5.41, 5.74) is 1.02. The van der Waals surface area contributed by atoms with E-state index in [9.17, 15) is 4.79 Å². The zero-order valence-corrected chi connectivity index (χ0v) is 12.8. The number of nitrogens with one attached hydrogen (secondary N) is 1. The molecule has 0 saturated carbocycles. The molecule has 1 N–H and O–H groups in total. The van der Waals surface area contributed by atoms with Crippen molar-refractivity contribution in [1.29, 1.82) is 0 Å². The third-order valence-electron chi connectivity index (χ3n) is 3.68. The lowest BCUT2D eigenvalue weighted by atomic mass is 10.1. The van der Waals surface area contributed by atoms with E-state index in [1.54, 1.807) is 14.2 Å². The second-order valence-corrected chi connectivity index (χ2v) is 5.25. The summed E-state index contributed by atoms with van der Waals surface area (Å²) in [5, 5.41) is 2.92. The molecular weight excluding hydrogens is 268 g/mol. The Hall–Kier alpha value is -1.59. The van der Waals surface area contributed by atoms with E-state index in [0.29, 0.717) is 19.6 Å². The van der Waals surface area contributed by atoms with Crippen LogP contribution in [-0.4, -0.2) is 50.8 Å². The van der Waals surface area contributed by atoms with Crippen molar-refractivity contribution in [2.75, 3.05) is 33.9 Å². The molecule has 1 aliphatic rings. The fraction of sp³-hybridized carbons (Fsp3) is 0.562. The highest BCUT2D eigenvalue weighted by atomic mass is 16.5. The van der Waals surface area contributed by atoms with Crippen LogP contribution in [0.3, 0.4) is 0 Å². The number of likely N-dealkylation sites (N-methyl/N-ethyl adjacent to an activating group) is 1. The molecule has 21 heavy (non-hydrogen) atoms. The quantitative estimate of drug-likeness (QED) is 0.826. The summed E-state index contributed by atoms with van der Waals surface area (Å²) in [7, 11) is 3.43. The number of hydrogen-bond acceptors (Lipinski definition) is 4. The van der Waals surface area contributed by atoms with Crippen LogP contribution in [-0.2, 0) is 16.1 Å². The maximum Gasteiger partial charge on any atom is 0.236 e. The molecule has 0 bridgehead atoms. The van der Waals surface area contributed by atoms with Gasteiger partial charge in [0.05, 0.1) is 19.8 Å². The number of benzene rings is 1. The Morgan fingerprint density at radius 1 is 1.48 bits per heavy atom. The average molecular weight is 292 g/mol. The van der Waals surface area contributed by atoms with Gasteiger partial charge >= 0.3 is 0 Å². The standard InChI is InChI=1S/C16H24N2O3/c1-17-10-16(19)18(12-14-7-5-9-21-14)11-13-6-3-4-8-15(13)20-2/h3-4,6,8,14,17H,5,7,9-12H2,1-2H3. The van der Waals surface area contributed by atoms with Crippen molar-refractivity contribution in [1.82, 2.24) is 10.2 Å². The summed E-state index contributed by atoms with van der Waals surface area (Å²) in [6.45, 7) is 2.32. The summed E-state index contributed by atoms with van der Waals surface area (Å²) in [6.07, 6.45) is 2.25. The highest BCUT2D eigenvalue weighted by Crippen LogP contribution is 2.21. The van der Waals surface area contributed by atoms with Crippen LogP contribution in [0.4, 0.5) is 0 Å². The number of carbonyl (C=O) groups excluding carboxylic acids is 1. The van der Waals surface area contributed by atoms with E-state index < -0.39 is 0 Å². The number of methoxy groups -OCH3 is 1. The lowest BCUT2D eigenvalue weighted by molar-refractivity contribution is -0.132. The van der Waals surface area contributed by atoms with Crippen LogP contribution in [0.25, 0.3) is 0 Å². The van der Waals surface area contributed by atoms with Gasteiger partial charge < -0.3 is 19.7 Å². The fourth-order valence-corrected chi connectivity index (χ4v) is 2.59. The first kappa shape index (κ1) is 15.8. The van der Waals surface area contributed by atoms with E-state index in [1.165, 1.54) is 0 Å². The van der Waals surface area contributed by atoms with E-state index in [4.69, 9.17) is 9.47 Å². The summed E-state index contributed by atoms with van der Waals surface area (Å²) in [6, 6.07) is 7.81. The third-order valence-corrected chi connectivity index (χ3v) is 3.68. The maximum absolute atomic E-state index is 12.3. The minimum atomic E-state index is 0.0823. The number of ether oxygens (including phenoxy) is 2. The van der Waals surface area contributed by atoms with Crippen LogP contribution in [0.5, 0.6) is 5.75 Å². The van der Waals surface area contributed by atoms with Crippen molar-refractivity contribution in [3.8, 4) is 5.75 Å². The van der Waals surface area contributed by atoms with Gasteiger partial charge in [0, 0.05) is 25.3 Å². The van der Waals surface area contributed by atoms with Gasteiger partial charge in [-0.25, -0.2) is 0 Å². The van der Waals surface area contributed by atoms with Crippen molar-refractivity contribution in [2.45, 2.75) is 25.5 Å². The number of nitrogens with zero attached hydrogens (tertiary/aromatic N) is 1. The topological polar surface area (TPSA) is 50.8 Å². The first-order valence-corrected chi connectivity index (χ1v) is 7.40. The molecule has 1 aromatic rings. The van der Waals surface area contributed by atoms with Crippen LogP contribution >= 0.6 is 0 Å². The predicted octanol–water partition coefficient (Wildman–Crippen LogP) is 1.42. The van der Waals surface area contributed by atoms with E-state index in [0.717, 1.165) is 30.8 Å². The largest absolute Gasteiger partial charge is 0.496 e. The van der Waals surface area contributed by atoms with Crippen LogP contribution in [0.2, 0.25) is 0 Å². The van der Waals surface area contributed by atoms with Gasteiger partial charge in [0.1, 0.15) is 5.75 Å². The summed E-state index contributed by atoms with van der Waals surface area (Å²) in [5.74, 6) is 0.894. The summed E-state index contributed by atoms with van der Waals surface area (Å²) in [4.78, 5) is 14.2. The molecule has 1 aliphatic heterocycles. The Morgan fingerprint density at radius 3 is 2.95 bits per heavy atom. The zero-order valence-electron chi connectivity index (χ0n) is 12.8. The van der Waals surface area contributed by atoms with Crippen molar-refractivity contribution in [3.05, 3.63) is 29.8 Å². The van der Waals surface area contributed by atoms with Crippen LogP contribution < -0.4 is 10.1 Å². The van der Waals surface area contributed by atoms with E-state index in [2.05, 4.69) is 5.32 Å². The number of hydrogen-bond donors (Lipinski definition) is 1. The molecule has 1 fully saturated rings. The molecule has 2 rings (SSSR count). The zero-order chi connectivity index (χ0) is 15.1. The molecule has 0 aliphatic carbocycles.